The summed E-state index contributed by atoms with van der Waals surface area (Å²) in [6.07, 6.45) is 0. The predicted molar refractivity (Wildman–Crippen MR) is 119 cm³/mol. The Balaban J connectivity index is 2.02. The van der Waals surface area contributed by atoms with Gasteiger partial charge in [-0.2, -0.15) is 0 Å². The largest absolute Gasteiger partial charge is 0.493 e. The molecule has 2 N–H and O–H groups in total. The highest BCUT2D eigenvalue weighted by molar-refractivity contribution is 6.32. The van der Waals surface area contributed by atoms with Gasteiger partial charge in [-0.05, 0) is 35.7 Å². The van der Waals surface area contributed by atoms with Crippen LogP contribution in [0.3, 0.4) is 0 Å². The molecule has 2 rings (SSSR count). The molecule has 0 saturated carbocycles. The zero-order valence-electron chi connectivity index (χ0n) is 18.0. The average Bonchev–Trinajstić information content (AvgIpc) is 2.71. The zero-order valence-corrected chi connectivity index (χ0v) is 18.8. The number of amides is 2. The predicted octanol–water partition coefficient (Wildman–Crippen LogP) is 4.91. The van der Waals surface area contributed by atoms with E-state index in [1.54, 1.807) is 12.1 Å². The number of halogens is 1. The molecule has 0 aromatic heterocycles. The molecule has 0 heterocycles. The minimum Gasteiger partial charge on any atom is -0.493 e. The first-order chi connectivity index (χ1) is 14.2. The van der Waals surface area contributed by atoms with Crippen LogP contribution < -0.4 is 20.1 Å². The van der Waals surface area contributed by atoms with Gasteiger partial charge in [-0.25, -0.2) is 0 Å². The Bertz CT molecular complexity index is 880. The molecule has 0 spiro atoms. The van der Waals surface area contributed by atoms with Crippen LogP contribution >= 0.6 is 11.6 Å². The van der Waals surface area contributed by atoms with Gasteiger partial charge in [0.25, 0.3) is 5.91 Å². The zero-order chi connectivity index (χ0) is 22.3. The van der Waals surface area contributed by atoms with Crippen molar-refractivity contribution in [1.82, 2.24) is 5.32 Å². The van der Waals surface area contributed by atoms with Gasteiger partial charge < -0.3 is 20.1 Å². The molecule has 0 atom stereocenters. The number of rotatable bonds is 9. The van der Waals surface area contributed by atoms with Gasteiger partial charge in [0.05, 0.1) is 18.7 Å². The Morgan fingerprint density at radius 1 is 1.07 bits per heavy atom. The van der Waals surface area contributed by atoms with Crippen LogP contribution in [-0.2, 0) is 11.3 Å². The highest BCUT2D eigenvalue weighted by Gasteiger charge is 2.16. The van der Waals surface area contributed by atoms with E-state index < -0.39 is 0 Å². The van der Waals surface area contributed by atoms with E-state index in [1.165, 1.54) is 7.11 Å². The third kappa shape index (κ3) is 6.66. The molecule has 0 fully saturated rings. The Labute approximate surface area is 182 Å². The van der Waals surface area contributed by atoms with E-state index in [2.05, 4.69) is 10.6 Å². The van der Waals surface area contributed by atoms with Crippen LogP contribution in [0.2, 0.25) is 5.02 Å². The van der Waals surface area contributed by atoms with Gasteiger partial charge in [0.2, 0.25) is 5.91 Å². The number of carbonyl (C=O) groups is 2. The highest BCUT2D eigenvalue weighted by Crippen LogP contribution is 2.36. The molecular weight excluding hydrogens is 404 g/mol. The summed E-state index contributed by atoms with van der Waals surface area (Å²) >= 11 is 6.32. The van der Waals surface area contributed by atoms with E-state index in [0.29, 0.717) is 41.2 Å². The second-order valence-corrected chi connectivity index (χ2v) is 8.13. The van der Waals surface area contributed by atoms with Crippen molar-refractivity contribution in [2.24, 2.45) is 11.8 Å². The maximum Gasteiger partial charge on any atom is 0.251 e. The van der Waals surface area contributed by atoms with Crippen molar-refractivity contribution in [3.05, 3.63) is 52.5 Å². The molecule has 2 aromatic carbocycles. The molecule has 0 saturated heterocycles. The van der Waals surface area contributed by atoms with E-state index in [9.17, 15) is 9.59 Å². The standard InChI is InChI=1S/C23H29ClN2O4/c1-14(2)13-30-21-19(24)10-17(11-20(21)29-5)23(28)25-12-16-6-8-18(9-7-16)26-22(27)15(3)4/h6-11,14-15H,12-13H2,1-5H3,(H,25,28)(H,26,27). The molecule has 162 valence electrons. The van der Waals surface area contributed by atoms with Gasteiger partial charge in [0, 0.05) is 23.7 Å². The summed E-state index contributed by atoms with van der Waals surface area (Å²) < 4.78 is 11.1. The monoisotopic (exact) mass is 432 g/mol. The summed E-state index contributed by atoms with van der Waals surface area (Å²) in [6.45, 7) is 8.57. The van der Waals surface area contributed by atoms with Crippen molar-refractivity contribution in [1.29, 1.82) is 0 Å². The van der Waals surface area contributed by atoms with Crippen LogP contribution in [-0.4, -0.2) is 25.5 Å². The van der Waals surface area contributed by atoms with Gasteiger partial charge in [0.15, 0.2) is 11.5 Å². The normalized spacial score (nSPS) is 10.8. The number of nitrogens with one attached hydrogen (secondary N) is 2. The molecule has 30 heavy (non-hydrogen) atoms. The number of anilines is 1. The van der Waals surface area contributed by atoms with E-state index in [-0.39, 0.29) is 17.7 Å². The van der Waals surface area contributed by atoms with E-state index >= 15 is 0 Å². The third-order valence-electron chi connectivity index (χ3n) is 4.25. The summed E-state index contributed by atoms with van der Waals surface area (Å²) in [4.78, 5) is 24.3. The van der Waals surface area contributed by atoms with Gasteiger partial charge in [-0.1, -0.05) is 51.4 Å². The van der Waals surface area contributed by atoms with Crippen molar-refractivity contribution in [3.63, 3.8) is 0 Å². The van der Waals surface area contributed by atoms with Gasteiger partial charge in [-0.3, -0.25) is 9.59 Å². The fraction of sp³-hybridized carbons (Fsp3) is 0.391. The van der Waals surface area contributed by atoms with Crippen molar-refractivity contribution in [2.75, 3.05) is 19.0 Å². The molecule has 6 nitrogen and oxygen atoms in total. The van der Waals surface area contributed by atoms with Crippen molar-refractivity contribution in [3.8, 4) is 11.5 Å². The Hall–Kier alpha value is -2.73. The lowest BCUT2D eigenvalue weighted by Crippen LogP contribution is -2.23. The summed E-state index contributed by atoms with van der Waals surface area (Å²) in [5, 5.41) is 6.02. The fourth-order valence-corrected chi connectivity index (χ4v) is 2.78. The quantitative estimate of drug-likeness (QED) is 0.590. The van der Waals surface area contributed by atoms with Crippen molar-refractivity contribution in [2.45, 2.75) is 34.2 Å². The average molecular weight is 433 g/mol. The molecule has 0 aliphatic carbocycles. The third-order valence-corrected chi connectivity index (χ3v) is 4.53. The minimum atomic E-state index is -0.275. The number of hydrogen-bond donors (Lipinski definition) is 2. The first-order valence-corrected chi connectivity index (χ1v) is 10.3. The first kappa shape index (κ1) is 23.5. The Morgan fingerprint density at radius 2 is 1.73 bits per heavy atom. The number of carbonyl (C=O) groups excluding carboxylic acids is 2. The van der Waals surface area contributed by atoms with E-state index in [0.717, 1.165) is 11.3 Å². The summed E-state index contributed by atoms with van der Waals surface area (Å²) in [7, 11) is 1.51. The molecule has 0 unspecified atom stereocenters. The molecule has 2 aromatic rings. The number of ether oxygens (including phenoxy) is 2. The maximum atomic E-state index is 12.6. The lowest BCUT2D eigenvalue weighted by atomic mass is 10.1. The van der Waals surface area contributed by atoms with Gasteiger partial charge in [-0.15, -0.1) is 0 Å². The molecule has 0 aliphatic rings. The van der Waals surface area contributed by atoms with Crippen LogP contribution in [0, 0.1) is 11.8 Å². The summed E-state index contributed by atoms with van der Waals surface area (Å²) in [5.41, 5.74) is 2.01. The maximum absolute atomic E-state index is 12.6. The van der Waals surface area contributed by atoms with Crippen molar-refractivity contribution < 1.29 is 19.1 Å². The van der Waals surface area contributed by atoms with Crippen LogP contribution in [0.15, 0.2) is 36.4 Å². The highest BCUT2D eigenvalue weighted by atomic mass is 35.5. The molecule has 7 heteroatoms. The van der Waals surface area contributed by atoms with Gasteiger partial charge in [0.1, 0.15) is 0 Å². The number of hydrogen-bond acceptors (Lipinski definition) is 4. The lowest BCUT2D eigenvalue weighted by molar-refractivity contribution is -0.118. The second kappa shape index (κ2) is 10.9. The van der Waals surface area contributed by atoms with Crippen LogP contribution in [0.4, 0.5) is 5.69 Å². The molecule has 0 radical (unpaired) electrons. The Kier molecular flexibility index (Phi) is 8.54. The minimum absolute atomic E-state index is 0.0392. The second-order valence-electron chi connectivity index (χ2n) is 7.72. The van der Waals surface area contributed by atoms with E-state index in [1.807, 2.05) is 52.0 Å². The van der Waals surface area contributed by atoms with Gasteiger partial charge >= 0.3 is 0 Å². The van der Waals surface area contributed by atoms with Crippen LogP contribution in [0.1, 0.15) is 43.6 Å². The SMILES string of the molecule is COc1cc(C(=O)NCc2ccc(NC(=O)C(C)C)cc2)cc(Cl)c1OCC(C)C. The smallest absolute Gasteiger partial charge is 0.251 e. The first-order valence-electron chi connectivity index (χ1n) is 9.89. The Morgan fingerprint density at radius 3 is 2.30 bits per heavy atom. The summed E-state index contributed by atoms with van der Waals surface area (Å²) in [6, 6.07) is 10.5. The lowest BCUT2D eigenvalue weighted by Gasteiger charge is -2.15. The molecule has 2 amide bonds. The fourth-order valence-electron chi connectivity index (χ4n) is 2.52. The number of benzene rings is 2. The molecule has 0 aliphatic heterocycles. The number of methoxy groups -OCH3 is 1. The van der Waals surface area contributed by atoms with Crippen LogP contribution in [0.25, 0.3) is 0 Å². The van der Waals surface area contributed by atoms with Crippen LogP contribution in [0.5, 0.6) is 11.5 Å². The topological polar surface area (TPSA) is 76.7 Å². The summed E-state index contributed by atoms with van der Waals surface area (Å²) in [5.74, 6) is 0.779. The van der Waals surface area contributed by atoms with Crippen molar-refractivity contribution >= 4 is 29.1 Å². The molecule has 0 bridgehead atoms. The molecular formula is C23H29ClN2O4. The van der Waals surface area contributed by atoms with E-state index in [4.69, 9.17) is 21.1 Å².